The number of carbonyl (C=O) groups is 1. The fourth-order valence-corrected chi connectivity index (χ4v) is 2.16. The van der Waals surface area contributed by atoms with Gasteiger partial charge in [0.05, 0.1) is 5.92 Å². The van der Waals surface area contributed by atoms with Crippen LogP contribution in [-0.2, 0) is 4.79 Å². The molecule has 0 bridgehead atoms. The first-order valence-electron chi connectivity index (χ1n) is 5.18. The molecule has 0 aliphatic heterocycles. The average Bonchev–Trinajstić information content (AvgIpc) is 2.15. The van der Waals surface area contributed by atoms with Crippen LogP contribution in [0.2, 0.25) is 6.32 Å². The van der Waals surface area contributed by atoms with Gasteiger partial charge in [0.15, 0.2) is 0 Å². The van der Waals surface area contributed by atoms with Crippen molar-refractivity contribution in [3.63, 3.8) is 0 Å². The molecule has 80 valence electrons. The van der Waals surface area contributed by atoms with Crippen molar-refractivity contribution in [3.05, 3.63) is 0 Å². The molecule has 1 fully saturated rings. The predicted molar refractivity (Wildman–Crippen MR) is 52.7 cm³/mol. The zero-order valence-corrected chi connectivity index (χ0v) is 8.22. The summed E-state index contributed by atoms with van der Waals surface area (Å²) in [7, 11) is -1.25. The number of rotatable bonds is 4. The lowest BCUT2D eigenvalue weighted by molar-refractivity contribution is -0.143. The molecule has 1 aliphatic rings. The van der Waals surface area contributed by atoms with Crippen LogP contribution in [0.1, 0.15) is 32.1 Å². The third kappa shape index (κ3) is 3.68. The van der Waals surface area contributed by atoms with Crippen molar-refractivity contribution >= 4 is 13.1 Å². The summed E-state index contributed by atoms with van der Waals surface area (Å²) in [5.74, 6) is -0.574. The van der Waals surface area contributed by atoms with E-state index in [1.165, 1.54) is 0 Å². The Bertz CT molecular complexity index is 195. The quantitative estimate of drug-likeness (QED) is 0.585. The molecular formula is C9H17BO4. The summed E-state index contributed by atoms with van der Waals surface area (Å²) in [4.78, 5) is 10.7. The topological polar surface area (TPSA) is 77.8 Å². The maximum Gasteiger partial charge on any atom is 0.451 e. The van der Waals surface area contributed by atoms with Crippen molar-refractivity contribution in [1.82, 2.24) is 0 Å². The second-order valence-corrected chi connectivity index (χ2v) is 4.13. The summed E-state index contributed by atoms with van der Waals surface area (Å²) in [5.41, 5.74) is 0. The fraction of sp³-hybridized carbons (Fsp3) is 0.889. The van der Waals surface area contributed by atoms with Crippen LogP contribution < -0.4 is 0 Å². The van der Waals surface area contributed by atoms with E-state index in [1.807, 2.05) is 0 Å². The van der Waals surface area contributed by atoms with Crippen molar-refractivity contribution in [2.75, 3.05) is 0 Å². The molecule has 0 amide bonds. The normalized spacial score (nSPS) is 27.3. The zero-order valence-electron chi connectivity index (χ0n) is 8.22. The highest BCUT2D eigenvalue weighted by atomic mass is 16.4. The van der Waals surface area contributed by atoms with Gasteiger partial charge in [0.25, 0.3) is 0 Å². The lowest BCUT2D eigenvalue weighted by atomic mass is 9.74. The number of carboxylic acid groups (broad SMARTS) is 1. The molecule has 1 unspecified atom stereocenters. The largest absolute Gasteiger partial charge is 0.481 e. The van der Waals surface area contributed by atoms with Crippen LogP contribution in [-0.4, -0.2) is 28.2 Å². The Hall–Kier alpha value is -0.545. The molecule has 0 spiro atoms. The number of hydrogen-bond acceptors (Lipinski definition) is 3. The van der Waals surface area contributed by atoms with Gasteiger partial charge < -0.3 is 15.2 Å². The molecule has 1 aliphatic carbocycles. The van der Waals surface area contributed by atoms with Crippen LogP contribution in [0.3, 0.4) is 0 Å². The van der Waals surface area contributed by atoms with Gasteiger partial charge in [0.2, 0.25) is 0 Å². The number of aliphatic carboxylic acids is 1. The SMILES string of the molecule is O=C(O)[C@@H]1CCCC(CCB(O)O)C1. The summed E-state index contributed by atoms with van der Waals surface area (Å²) < 4.78 is 0. The fourth-order valence-electron chi connectivity index (χ4n) is 2.16. The molecule has 14 heavy (non-hydrogen) atoms. The maximum atomic E-state index is 10.7. The Morgan fingerprint density at radius 1 is 1.36 bits per heavy atom. The van der Waals surface area contributed by atoms with E-state index in [-0.39, 0.29) is 5.92 Å². The van der Waals surface area contributed by atoms with Gasteiger partial charge in [-0.15, -0.1) is 0 Å². The monoisotopic (exact) mass is 200 g/mol. The molecule has 0 radical (unpaired) electrons. The maximum absolute atomic E-state index is 10.7. The van der Waals surface area contributed by atoms with Crippen LogP contribution in [0.25, 0.3) is 0 Å². The minimum absolute atomic E-state index is 0.218. The summed E-state index contributed by atoms with van der Waals surface area (Å²) in [6.07, 6.45) is 4.52. The highest BCUT2D eigenvalue weighted by molar-refractivity contribution is 6.40. The van der Waals surface area contributed by atoms with Gasteiger partial charge in [-0.2, -0.15) is 0 Å². The first-order valence-corrected chi connectivity index (χ1v) is 5.18. The van der Waals surface area contributed by atoms with Crippen molar-refractivity contribution in [3.8, 4) is 0 Å². The van der Waals surface area contributed by atoms with Crippen LogP contribution in [0.5, 0.6) is 0 Å². The second kappa shape index (κ2) is 5.36. The van der Waals surface area contributed by atoms with Crippen molar-refractivity contribution < 1.29 is 19.9 Å². The molecule has 0 heterocycles. The summed E-state index contributed by atoms with van der Waals surface area (Å²) >= 11 is 0. The molecule has 0 aromatic carbocycles. The lowest BCUT2D eigenvalue weighted by Crippen LogP contribution is -2.23. The van der Waals surface area contributed by atoms with E-state index in [9.17, 15) is 4.79 Å². The number of hydrogen-bond donors (Lipinski definition) is 3. The Morgan fingerprint density at radius 2 is 2.07 bits per heavy atom. The summed E-state index contributed by atoms with van der Waals surface area (Å²) in [5, 5.41) is 26.2. The van der Waals surface area contributed by atoms with Crippen LogP contribution in [0, 0.1) is 11.8 Å². The van der Waals surface area contributed by atoms with E-state index in [2.05, 4.69) is 0 Å². The number of carboxylic acids is 1. The van der Waals surface area contributed by atoms with Gasteiger partial charge in [-0.3, -0.25) is 4.79 Å². The first-order chi connectivity index (χ1) is 6.59. The van der Waals surface area contributed by atoms with E-state index < -0.39 is 13.1 Å². The molecule has 1 rings (SSSR count). The van der Waals surface area contributed by atoms with Crippen molar-refractivity contribution in [2.24, 2.45) is 11.8 Å². The standard InChI is InChI=1S/C9H17BO4/c11-9(12)8-3-1-2-7(6-8)4-5-10(13)14/h7-8,13-14H,1-6H2,(H,11,12)/t7?,8-/m1/s1. The zero-order chi connectivity index (χ0) is 10.6. The molecule has 0 aromatic rings. The highest BCUT2D eigenvalue weighted by Crippen LogP contribution is 2.32. The van der Waals surface area contributed by atoms with Gasteiger partial charge in [-0.1, -0.05) is 19.3 Å². The van der Waals surface area contributed by atoms with E-state index >= 15 is 0 Å². The minimum atomic E-state index is -1.25. The van der Waals surface area contributed by atoms with Gasteiger partial charge in [-0.05, 0) is 25.1 Å². The minimum Gasteiger partial charge on any atom is -0.481 e. The molecule has 0 aromatic heterocycles. The van der Waals surface area contributed by atoms with Gasteiger partial charge in [0.1, 0.15) is 0 Å². The molecule has 5 heteroatoms. The van der Waals surface area contributed by atoms with Crippen LogP contribution in [0.15, 0.2) is 0 Å². The van der Waals surface area contributed by atoms with Crippen molar-refractivity contribution in [2.45, 2.75) is 38.4 Å². The third-order valence-corrected chi connectivity index (χ3v) is 2.97. The van der Waals surface area contributed by atoms with Gasteiger partial charge >= 0.3 is 13.1 Å². The van der Waals surface area contributed by atoms with Gasteiger partial charge in [-0.25, -0.2) is 0 Å². The molecular weight excluding hydrogens is 183 g/mol. The van der Waals surface area contributed by atoms with E-state index in [1.54, 1.807) is 0 Å². The van der Waals surface area contributed by atoms with E-state index in [4.69, 9.17) is 15.2 Å². The molecule has 0 saturated heterocycles. The Labute approximate surface area is 84.1 Å². The summed E-state index contributed by atoms with van der Waals surface area (Å²) in [6, 6.07) is 0. The van der Waals surface area contributed by atoms with E-state index in [0.717, 1.165) is 25.7 Å². The predicted octanol–water partition coefficient (Wildman–Crippen LogP) is 0.740. The Kier molecular flexibility index (Phi) is 4.42. The molecule has 4 nitrogen and oxygen atoms in total. The highest BCUT2D eigenvalue weighted by Gasteiger charge is 2.27. The van der Waals surface area contributed by atoms with E-state index in [0.29, 0.717) is 18.7 Å². The molecule has 3 N–H and O–H groups in total. The van der Waals surface area contributed by atoms with Crippen molar-refractivity contribution in [1.29, 1.82) is 0 Å². The van der Waals surface area contributed by atoms with Crippen LogP contribution in [0.4, 0.5) is 0 Å². The summed E-state index contributed by atoms with van der Waals surface area (Å²) in [6.45, 7) is 0. The van der Waals surface area contributed by atoms with Crippen LogP contribution >= 0.6 is 0 Å². The lowest BCUT2D eigenvalue weighted by Gasteiger charge is -2.26. The second-order valence-electron chi connectivity index (χ2n) is 4.13. The Morgan fingerprint density at radius 3 is 2.64 bits per heavy atom. The molecule has 1 saturated carbocycles. The molecule has 2 atom stereocenters. The first kappa shape index (κ1) is 11.5. The average molecular weight is 200 g/mol. The Balaban J connectivity index is 2.29. The third-order valence-electron chi connectivity index (χ3n) is 2.97. The smallest absolute Gasteiger partial charge is 0.451 e. The van der Waals surface area contributed by atoms with Gasteiger partial charge in [0, 0.05) is 0 Å².